The Morgan fingerprint density at radius 1 is 1.69 bits per heavy atom. The predicted molar refractivity (Wildman–Crippen MR) is 50.4 cm³/mol. The molecule has 0 aromatic heterocycles. The molecule has 0 spiro atoms. The van der Waals surface area contributed by atoms with Crippen molar-refractivity contribution in [1.82, 2.24) is 4.90 Å². The van der Waals surface area contributed by atoms with E-state index in [1.54, 1.807) is 18.9 Å². The van der Waals surface area contributed by atoms with Crippen LogP contribution in [0.5, 0.6) is 0 Å². The second-order valence-electron chi connectivity index (χ2n) is 3.56. The van der Waals surface area contributed by atoms with Crippen LogP contribution in [0.25, 0.3) is 0 Å². The summed E-state index contributed by atoms with van der Waals surface area (Å²) in [6.07, 6.45) is -0.107. The van der Waals surface area contributed by atoms with Gasteiger partial charge >= 0.3 is 0 Å². The van der Waals surface area contributed by atoms with E-state index in [-0.39, 0.29) is 24.4 Å². The molecule has 0 radical (unpaired) electrons. The van der Waals surface area contributed by atoms with Gasteiger partial charge in [0, 0.05) is 12.5 Å². The summed E-state index contributed by atoms with van der Waals surface area (Å²) in [5, 5.41) is 0. The van der Waals surface area contributed by atoms with Crippen molar-refractivity contribution in [3.8, 4) is 0 Å². The third kappa shape index (κ3) is 3.40. The van der Waals surface area contributed by atoms with E-state index in [1.807, 2.05) is 0 Å². The number of hydrogen-bond acceptors (Lipinski definition) is 3. The molecule has 0 amide bonds. The van der Waals surface area contributed by atoms with Crippen molar-refractivity contribution in [3.63, 3.8) is 0 Å². The maximum absolute atomic E-state index is 12.9. The molecule has 0 bridgehead atoms. The van der Waals surface area contributed by atoms with Gasteiger partial charge in [-0.15, -0.1) is 12.6 Å². The van der Waals surface area contributed by atoms with Gasteiger partial charge in [-0.3, -0.25) is 4.90 Å². The van der Waals surface area contributed by atoms with E-state index in [1.165, 1.54) is 0 Å². The van der Waals surface area contributed by atoms with Gasteiger partial charge in [0.1, 0.15) is 0 Å². The number of rotatable bonds is 3. The normalized spacial score (nSPS) is 30.7. The number of alkyl halides is 2. The lowest BCUT2D eigenvalue weighted by Gasteiger charge is -2.19. The molecule has 0 N–H and O–H groups in total. The monoisotopic (exact) mass is 211 g/mol. The van der Waals surface area contributed by atoms with Crippen LogP contribution < -0.4 is 0 Å². The molecule has 1 aliphatic rings. The first-order valence-corrected chi connectivity index (χ1v) is 4.80. The summed E-state index contributed by atoms with van der Waals surface area (Å²) in [7, 11) is 1.69. The van der Waals surface area contributed by atoms with Gasteiger partial charge in [-0.25, -0.2) is 8.78 Å². The number of likely N-dealkylation sites (N-methyl/N-ethyl adjacent to an activating group) is 1. The molecule has 0 aromatic carbocycles. The number of hydrogen-bond donors (Lipinski definition) is 1. The average molecular weight is 211 g/mol. The zero-order valence-corrected chi connectivity index (χ0v) is 8.73. The standard InChI is InChI=1S/C8H15F2NOS/c1-6(13)12-4-7-3-8(9,10)5-11(7)2/h6-7,13H,3-5H2,1-2H3. The lowest BCUT2D eigenvalue weighted by Crippen LogP contribution is -2.30. The minimum Gasteiger partial charge on any atom is -0.367 e. The van der Waals surface area contributed by atoms with Crippen molar-refractivity contribution in [1.29, 1.82) is 0 Å². The fourth-order valence-corrected chi connectivity index (χ4v) is 1.58. The highest BCUT2D eigenvalue weighted by molar-refractivity contribution is 7.80. The molecule has 2 nitrogen and oxygen atoms in total. The Bertz CT molecular complexity index is 178. The van der Waals surface area contributed by atoms with Gasteiger partial charge in [0.05, 0.1) is 18.6 Å². The molecule has 1 saturated heterocycles. The number of thiol groups is 1. The molecule has 1 rings (SSSR count). The van der Waals surface area contributed by atoms with Crippen LogP contribution in [0.2, 0.25) is 0 Å². The Morgan fingerprint density at radius 2 is 2.31 bits per heavy atom. The Labute approximate surface area is 82.6 Å². The number of halogens is 2. The molecule has 5 heteroatoms. The lowest BCUT2D eigenvalue weighted by atomic mass is 10.2. The van der Waals surface area contributed by atoms with Crippen LogP contribution in [0, 0.1) is 0 Å². The first-order chi connectivity index (χ1) is 5.91. The average Bonchev–Trinajstić information content (AvgIpc) is 2.20. The van der Waals surface area contributed by atoms with Crippen molar-refractivity contribution in [3.05, 3.63) is 0 Å². The number of ether oxygens (including phenoxy) is 1. The summed E-state index contributed by atoms with van der Waals surface area (Å²) >= 11 is 4.02. The largest absolute Gasteiger partial charge is 0.367 e. The van der Waals surface area contributed by atoms with Crippen LogP contribution in [0.15, 0.2) is 0 Å². The minimum absolute atomic E-state index is 0.107. The van der Waals surface area contributed by atoms with Crippen LogP contribution in [0.4, 0.5) is 8.78 Å². The Morgan fingerprint density at radius 3 is 2.69 bits per heavy atom. The van der Waals surface area contributed by atoms with Crippen molar-refractivity contribution in [2.75, 3.05) is 20.2 Å². The summed E-state index contributed by atoms with van der Waals surface area (Å²) < 4.78 is 30.9. The molecule has 2 unspecified atom stereocenters. The van der Waals surface area contributed by atoms with Crippen LogP contribution in [0.1, 0.15) is 13.3 Å². The molecule has 0 aromatic rings. The fourth-order valence-electron chi connectivity index (χ4n) is 1.50. The fraction of sp³-hybridized carbons (Fsp3) is 1.00. The van der Waals surface area contributed by atoms with Gasteiger partial charge in [0.15, 0.2) is 0 Å². The zero-order chi connectivity index (χ0) is 10.1. The predicted octanol–water partition coefficient (Wildman–Crippen LogP) is 1.62. The van der Waals surface area contributed by atoms with Crippen LogP contribution in [-0.4, -0.2) is 42.5 Å². The highest BCUT2D eigenvalue weighted by Gasteiger charge is 2.43. The Balaban J connectivity index is 2.35. The van der Waals surface area contributed by atoms with Crippen molar-refractivity contribution in [2.45, 2.75) is 30.7 Å². The van der Waals surface area contributed by atoms with Crippen molar-refractivity contribution < 1.29 is 13.5 Å². The maximum Gasteiger partial charge on any atom is 0.262 e. The molecule has 0 aliphatic carbocycles. The smallest absolute Gasteiger partial charge is 0.262 e. The van der Waals surface area contributed by atoms with Gasteiger partial charge in [-0.1, -0.05) is 0 Å². The van der Waals surface area contributed by atoms with Crippen LogP contribution in [-0.2, 0) is 4.74 Å². The summed E-state index contributed by atoms with van der Waals surface area (Å²) in [5.41, 5.74) is -0.192. The third-order valence-electron chi connectivity index (χ3n) is 2.17. The Kier molecular flexibility index (Phi) is 3.54. The third-order valence-corrected chi connectivity index (χ3v) is 2.32. The van der Waals surface area contributed by atoms with E-state index in [0.717, 1.165) is 0 Å². The molecule has 2 atom stereocenters. The summed E-state index contributed by atoms with van der Waals surface area (Å²) in [6.45, 7) is 1.94. The molecule has 13 heavy (non-hydrogen) atoms. The molecular weight excluding hydrogens is 196 g/mol. The summed E-state index contributed by atoms with van der Waals surface area (Å²) in [6, 6.07) is -0.176. The lowest BCUT2D eigenvalue weighted by molar-refractivity contribution is 0.0126. The molecule has 78 valence electrons. The SMILES string of the molecule is CC(S)OCC1CC(F)(F)CN1C. The van der Waals surface area contributed by atoms with Gasteiger partial charge in [-0.2, -0.15) is 0 Å². The van der Waals surface area contributed by atoms with Crippen molar-refractivity contribution in [2.24, 2.45) is 0 Å². The summed E-state index contributed by atoms with van der Waals surface area (Å²) in [4.78, 5) is 1.64. The molecule has 1 fully saturated rings. The summed E-state index contributed by atoms with van der Waals surface area (Å²) in [5.74, 6) is -2.55. The molecular formula is C8H15F2NOS. The van der Waals surface area contributed by atoms with E-state index >= 15 is 0 Å². The highest BCUT2D eigenvalue weighted by atomic mass is 32.1. The van der Waals surface area contributed by atoms with Gasteiger partial charge in [0.2, 0.25) is 0 Å². The number of likely N-dealkylation sites (tertiary alicyclic amines) is 1. The van der Waals surface area contributed by atoms with Crippen LogP contribution >= 0.6 is 12.6 Å². The minimum atomic E-state index is -2.55. The van der Waals surface area contributed by atoms with E-state index < -0.39 is 5.92 Å². The van der Waals surface area contributed by atoms with E-state index in [9.17, 15) is 8.78 Å². The Hall–Kier alpha value is 0.130. The van der Waals surface area contributed by atoms with Gasteiger partial charge in [-0.05, 0) is 14.0 Å². The van der Waals surface area contributed by atoms with E-state index in [2.05, 4.69) is 12.6 Å². The highest BCUT2D eigenvalue weighted by Crippen LogP contribution is 2.30. The second kappa shape index (κ2) is 4.11. The number of nitrogens with zero attached hydrogens (tertiary/aromatic N) is 1. The van der Waals surface area contributed by atoms with Gasteiger partial charge < -0.3 is 4.74 Å². The first kappa shape index (κ1) is 11.2. The van der Waals surface area contributed by atoms with E-state index in [0.29, 0.717) is 6.61 Å². The molecule has 0 saturated carbocycles. The van der Waals surface area contributed by atoms with Gasteiger partial charge in [0.25, 0.3) is 5.92 Å². The molecule has 1 aliphatic heterocycles. The van der Waals surface area contributed by atoms with E-state index in [4.69, 9.17) is 4.74 Å². The van der Waals surface area contributed by atoms with Crippen molar-refractivity contribution >= 4 is 12.6 Å². The topological polar surface area (TPSA) is 12.5 Å². The second-order valence-corrected chi connectivity index (χ2v) is 4.29. The van der Waals surface area contributed by atoms with Crippen LogP contribution in [0.3, 0.4) is 0 Å². The molecule has 1 heterocycles. The first-order valence-electron chi connectivity index (χ1n) is 4.28. The zero-order valence-electron chi connectivity index (χ0n) is 7.83. The quantitative estimate of drug-likeness (QED) is 0.562. The maximum atomic E-state index is 12.9.